The molecule has 1 aromatic carbocycles. The van der Waals surface area contributed by atoms with Gasteiger partial charge >= 0.3 is 0 Å². The lowest BCUT2D eigenvalue weighted by Crippen LogP contribution is -2.14. The molecule has 1 heterocycles. The number of para-hydroxylation sites is 1. The van der Waals surface area contributed by atoms with Crippen LogP contribution >= 0.6 is 0 Å². The molecule has 0 bridgehead atoms. The van der Waals surface area contributed by atoms with E-state index in [-0.39, 0.29) is 11.7 Å². The number of unbranched alkanes of at least 4 members (excludes halogenated alkanes) is 3. The van der Waals surface area contributed by atoms with Crippen LogP contribution in [0.1, 0.15) is 56.8 Å². The smallest absolute Gasteiger partial charge is 0.222 e. The Kier molecular flexibility index (Phi) is 5.36. The largest absolute Gasteiger partial charge is 0.327 e. The summed E-state index contributed by atoms with van der Waals surface area (Å²) in [5, 5.41) is 3.77. The highest BCUT2D eigenvalue weighted by Gasteiger charge is 2.20. The zero-order chi connectivity index (χ0) is 16.1. The number of ketones is 1. The molecule has 4 nitrogen and oxygen atoms in total. The number of anilines is 1. The second kappa shape index (κ2) is 7.25. The number of aryl methyl sites for hydroxylation is 1. The topological polar surface area (TPSA) is 51.1 Å². The maximum Gasteiger partial charge on any atom is 0.222 e. The van der Waals surface area contributed by atoms with E-state index >= 15 is 0 Å². The second-order valence-electron chi connectivity index (χ2n) is 5.69. The third-order valence-corrected chi connectivity index (χ3v) is 3.85. The molecule has 0 saturated heterocycles. The number of hydrogen-bond acceptors (Lipinski definition) is 2. The number of nitrogens with one attached hydrogen (secondary N) is 1. The Morgan fingerprint density at radius 2 is 1.82 bits per heavy atom. The molecule has 0 fully saturated rings. The summed E-state index contributed by atoms with van der Waals surface area (Å²) in [7, 11) is 0. The van der Waals surface area contributed by atoms with Crippen LogP contribution < -0.4 is 5.32 Å². The van der Waals surface area contributed by atoms with E-state index < -0.39 is 0 Å². The summed E-state index contributed by atoms with van der Waals surface area (Å²) in [6.45, 7) is 6.02. The van der Waals surface area contributed by atoms with Crippen LogP contribution in [-0.4, -0.2) is 16.3 Å². The zero-order valence-corrected chi connectivity index (χ0v) is 13.6. The van der Waals surface area contributed by atoms with Gasteiger partial charge in [0.05, 0.1) is 11.1 Å². The van der Waals surface area contributed by atoms with Crippen molar-refractivity contribution in [2.45, 2.75) is 53.0 Å². The van der Waals surface area contributed by atoms with Crippen molar-refractivity contribution in [3.05, 3.63) is 29.8 Å². The summed E-state index contributed by atoms with van der Waals surface area (Å²) in [6.07, 6.45) is 4.58. The SMILES string of the molecule is CCCCCCn1c(NC(C)=O)c(C(C)=O)c2ccccc21. The molecule has 4 heteroatoms. The van der Waals surface area contributed by atoms with Crippen molar-refractivity contribution >= 4 is 28.4 Å². The standard InChI is InChI=1S/C18H24N2O2/c1-4-5-6-9-12-20-16-11-8-7-10-15(16)17(13(2)21)18(20)19-14(3)22/h7-8,10-11H,4-6,9,12H2,1-3H3,(H,19,22). The van der Waals surface area contributed by atoms with Crippen molar-refractivity contribution in [2.75, 3.05) is 5.32 Å². The first kappa shape index (κ1) is 16.3. The molecule has 22 heavy (non-hydrogen) atoms. The predicted molar refractivity (Wildman–Crippen MR) is 90.4 cm³/mol. The van der Waals surface area contributed by atoms with Crippen LogP contribution in [0.25, 0.3) is 10.9 Å². The summed E-state index contributed by atoms with van der Waals surface area (Å²) in [5.74, 6) is 0.463. The summed E-state index contributed by atoms with van der Waals surface area (Å²) >= 11 is 0. The van der Waals surface area contributed by atoms with Gasteiger partial charge in [-0.1, -0.05) is 44.4 Å². The fourth-order valence-electron chi connectivity index (χ4n) is 2.89. The highest BCUT2D eigenvalue weighted by atomic mass is 16.1. The van der Waals surface area contributed by atoms with E-state index in [1.165, 1.54) is 19.8 Å². The third-order valence-electron chi connectivity index (χ3n) is 3.85. The van der Waals surface area contributed by atoms with Gasteiger partial charge in [-0.3, -0.25) is 9.59 Å². The zero-order valence-electron chi connectivity index (χ0n) is 13.6. The minimum atomic E-state index is -0.153. The van der Waals surface area contributed by atoms with Crippen molar-refractivity contribution in [3.63, 3.8) is 0 Å². The molecule has 1 amide bonds. The minimum absolute atomic E-state index is 0.0211. The first-order valence-corrected chi connectivity index (χ1v) is 7.96. The molecule has 0 aliphatic heterocycles. The molecule has 0 aliphatic rings. The van der Waals surface area contributed by atoms with Gasteiger partial charge in [0, 0.05) is 18.9 Å². The number of aromatic nitrogens is 1. The Morgan fingerprint density at radius 3 is 2.45 bits per heavy atom. The van der Waals surface area contributed by atoms with E-state index in [0.29, 0.717) is 11.4 Å². The lowest BCUT2D eigenvalue weighted by atomic mass is 10.1. The molecule has 0 saturated carbocycles. The van der Waals surface area contributed by atoms with Gasteiger partial charge in [0.2, 0.25) is 5.91 Å². The number of benzene rings is 1. The molecular formula is C18H24N2O2. The Balaban J connectivity index is 2.50. The number of rotatable bonds is 7. The molecule has 2 aromatic rings. The van der Waals surface area contributed by atoms with Gasteiger partial charge in [0.25, 0.3) is 0 Å². The van der Waals surface area contributed by atoms with Crippen molar-refractivity contribution in [1.82, 2.24) is 4.57 Å². The second-order valence-corrected chi connectivity index (χ2v) is 5.69. The average Bonchev–Trinajstić information content (AvgIpc) is 2.76. The highest BCUT2D eigenvalue weighted by Crippen LogP contribution is 2.31. The number of hydrogen-bond donors (Lipinski definition) is 1. The van der Waals surface area contributed by atoms with E-state index in [1.807, 2.05) is 24.3 Å². The van der Waals surface area contributed by atoms with Crippen LogP contribution in [-0.2, 0) is 11.3 Å². The van der Waals surface area contributed by atoms with Gasteiger partial charge < -0.3 is 9.88 Å². The Labute approximate surface area is 131 Å². The monoisotopic (exact) mass is 300 g/mol. The normalized spacial score (nSPS) is 10.9. The summed E-state index contributed by atoms with van der Waals surface area (Å²) in [4.78, 5) is 23.6. The fourth-order valence-corrected chi connectivity index (χ4v) is 2.89. The lowest BCUT2D eigenvalue weighted by molar-refractivity contribution is -0.114. The Morgan fingerprint density at radius 1 is 1.09 bits per heavy atom. The van der Waals surface area contributed by atoms with Gasteiger partial charge in [0.1, 0.15) is 5.82 Å². The quantitative estimate of drug-likeness (QED) is 0.609. The summed E-state index contributed by atoms with van der Waals surface area (Å²) in [5.41, 5.74) is 1.62. The van der Waals surface area contributed by atoms with Crippen molar-refractivity contribution in [3.8, 4) is 0 Å². The van der Waals surface area contributed by atoms with Crippen LogP contribution in [0.5, 0.6) is 0 Å². The third kappa shape index (κ3) is 3.38. The molecule has 0 aliphatic carbocycles. The van der Waals surface area contributed by atoms with Crippen molar-refractivity contribution < 1.29 is 9.59 Å². The summed E-state index contributed by atoms with van der Waals surface area (Å²) in [6, 6.07) is 7.84. The van der Waals surface area contributed by atoms with Gasteiger partial charge in [-0.25, -0.2) is 0 Å². The molecule has 0 spiro atoms. The van der Waals surface area contributed by atoms with Crippen LogP contribution in [0.4, 0.5) is 5.82 Å². The van der Waals surface area contributed by atoms with Gasteiger partial charge in [-0.05, 0) is 19.4 Å². The highest BCUT2D eigenvalue weighted by molar-refractivity contribution is 6.13. The van der Waals surface area contributed by atoms with E-state index in [9.17, 15) is 9.59 Å². The Bertz CT molecular complexity index is 686. The summed E-state index contributed by atoms with van der Waals surface area (Å²) < 4.78 is 2.07. The van der Waals surface area contributed by atoms with Crippen LogP contribution in [0.2, 0.25) is 0 Å². The number of nitrogens with zero attached hydrogens (tertiary/aromatic N) is 1. The lowest BCUT2D eigenvalue weighted by Gasteiger charge is -2.11. The number of Topliss-reactive ketones (excluding diaryl/α,β-unsaturated/α-hetero) is 1. The molecule has 2 rings (SSSR count). The molecule has 1 aromatic heterocycles. The molecule has 0 atom stereocenters. The van der Waals surface area contributed by atoms with Crippen LogP contribution in [0.3, 0.4) is 0 Å². The van der Waals surface area contributed by atoms with E-state index in [0.717, 1.165) is 30.3 Å². The molecule has 1 N–H and O–H groups in total. The number of carbonyl (C=O) groups is 2. The predicted octanol–water partition coefficient (Wildman–Crippen LogP) is 4.38. The minimum Gasteiger partial charge on any atom is -0.327 e. The number of carbonyl (C=O) groups excluding carboxylic acids is 2. The first-order chi connectivity index (χ1) is 10.6. The number of fused-ring (bicyclic) bond motifs is 1. The van der Waals surface area contributed by atoms with Crippen LogP contribution in [0, 0.1) is 0 Å². The molecule has 0 unspecified atom stereocenters. The maximum atomic E-state index is 12.1. The van der Waals surface area contributed by atoms with Gasteiger partial charge in [-0.15, -0.1) is 0 Å². The molecular weight excluding hydrogens is 276 g/mol. The Hall–Kier alpha value is -2.10. The molecule has 0 radical (unpaired) electrons. The van der Waals surface area contributed by atoms with Gasteiger partial charge in [-0.2, -0.15) is 0 Å². The van der Waals surface area contributed by atoms with Crippen molar-refractivity contribution in [1.29, 1.82) is 0 Å². The van der Waals surface area contributed by atoms with E-state index in [2.05, 4.69) is 16.8 Å². The molecule has 118 valence electrons. The van der Waals surface area contributed by atoms with Crippen molar-refractivity contribution in [2.24, 2.45) is 0 Å². The maximum absolute atomic E-state index is 12.1. The van der Waals surface area contributed by atoms with Gasteiger partial charge in [0.15, 0.2) is 5.78 Å². The number of amides is 1. The first-order valence-electron chi connectivity index (χ1n) is 7.96. The van der Waals surface area contributed by atoms with Crippen LogP contribution in [0.15, 0.2) is 24.3 Å². The fraction of sp³-hybridized carbons (Fsp3) is 0.444. The van der Waals surface area contributed by atoms with E-state index in [4.69, 9.17) is 0 Å². The average molecular weight is 300 g/mol. The van der Waals surface area contributed by atoms with E-state index in [1.54, 1.807) is 6.92 Å².